The molecule has 0 amide bonds. The van der Waals surface area contributed by atoms with Gasteiger partial charge in [-0.15, -0.1) is 0 Å². The molecule has 5 nitrogen and oxygen atoms in total. The third-order valence-electron chi connectivity index (χ3n) is 2.01. The molecular formula is C11H13NO4S. The number of hydrogen-bond acceptors (Lipinski definition) is 4. The van der Waals surface area contributed by atoms with Gasteiger partial charge in [-0.1, -0.05) is 24.3 Å². The number of primary sulfonamides is 1. The normalized spacial score (nSPS) is 11.6. The maximum Gasteiger partial charge on any atom is 0.309 e. The van der Waals surface area contributed by atoms with Crippen molar-refractivity contribution in [2.45, 2.75) is 11.3 Å². The lowest BCUT2D eigenvalue weighted by Gasteiger charge is -1.99. The van der Waals surface area contributed by atoms with Gasteiger partial charge in [0, 0.05) is 0 Å². The first-order valence-electron chi connectivity index (χ1n) is 4.79. The molecule has 0 bridgehead atoms. The van der Waals surface area contributed by atoms with E-state index in [1.54, 1.807) is 24.3 Å². The number of esters is 1. The third-order valence-corrected chi connectivity index (χ3v) is 2.92. The first kappa shape index (κ1) is 13.4. The van der Waals surface area contributed by atoms with Crippen molar-refractivity contribution in [1.29, 1.82) is 0 Å². The zero-order chi connectivity index (χ0) is 12.9. The summed E-state index contributed by atoms with van der Waals surface area (Å²) in [4.78, 5) is 10.9. The predicted octanol–water partition coefficient (Wildman–Crippen LogP) is 0.910. The van der Waals surface area contributed by atoms with Crippen molar-refractivity contribution in [3.8, 4) is 0 Å². The summed E-state index contributed by atoms with van der Waals surface area (Å²) in [6.07, 6.45) is 3.36. The summed E-state index contributed by atoms with van der Waals surface area (Å²) in [6.45, 7) is 0. The SMILES string of the molecule is COC(=O)CC=Cc1cccc(S(N)(=O)=O)c1. The van der Waals surface area contributed by atoms with Crippen LogP contribution in [0, 0.1) is 0 Å². The molecule has 1 aromatic carbocycles. The quantitative estimate of drug-likeness (QED) is 0.810. The largest absolute Gasteiger partial charge is 0.469 e. The van der Waals surface area contributed by atoms with Crippen LogP contribution in [0.15, 0.2) is 35.2 Å². The number of rotatable bonds is 4. The monoisotopic (exact) mass is 255 g/mol. The van der Waals surface area contributed by atoms with Crippen molar-refractivity contribution < 1.29 is 17.9 Å². The minimum Gasteiger partial charge on any atom is -0.469 e. The number of carbonyl (C=O) groups is 1. The van der Waals surface area contributed by atoms with Crippen molar-refractivity contribution in [2.75, 3.05) is 7.11 Å². The maximum atomic E-state index is 11.1. The van der Waals surface area contributed by atoms with E-state index < -0.39 is 10.0 Å². The molecule has 0 radical (unpaired) electrons. The Labute approximate surface area is 99.9 Å². The number of nitrogens with two attached hydrogens (primary N) is 1. The van der Waals surface area contributed by atoms with Crippen LogP contribution in [-0.4, -0.2) is 21.5 Å². The van der Waals surface area contributed by atoms with E-state index in [0.29, 0.717) is 5.56 Å². The third kappa shape index (κ3) is 4.38. The molecule has 0 unspecified atom stereocenters. The lowest BCUT2D eigenvalue weighted by molar-refractivity contribution is -0.139. The fourth-order valence-corrected chi connectivity index (χ4v) is 1.74. The number of methoxy groups -OCH3 is 1. The summed E-state index contributed by atoms with van der Waals surface area (Å²) >= 11 is 0. The van der Waals surface area contributed by atoms with Crippen LogP contribution in [0.5, 0.6) is 0 Å². The highest BCUT2D eigenvalue weighted by molar-refractivity contribution is 7.89. The van der Waals surface area contributed by atoms with Gasteiger partial charge in [-0.3, -0.25) is 4.79 Å². The molecule has 0 aliphatic heterocycles. The molecule has 1 aromatic rings. The van der Waals surface area contributed by atoms with E-state index in [-0.39, 0.29) is 17.3 Å². The van der Waals surface area contributed by atoms with Crippen LogP contribution >= 0.6 is 0 Å². The van der Waals surface area contributed by atoms with E-state index in [4.69, 9.17) is 5.14 Å². The molecule has 92 valence electrons. The Kier molecular flexibility index (Phi) is 4.42. The van der Waals surface area contributed by atoms with Gasteiger partial charge in [-0.25, -0.2) is 13.6 Å². The Bertz CT molecular complexity index is 534. The molecule has 0 fully saturated rings. The summed E-state index contributed by atoms with van der Waals surface area (Å²) in [5.41, 5.74) is 0.653. The maximum absolute atomic E-state index is 11.1. The van der Waals surface area contributed by atoms with Crippen molar-refractivity contribution in [2.24, 2.45) is 5.14 Å². The summed E-state index contributed by atoms with van der Waals surface area (Å²) < 4.78 is 26.6. The molecule has 0 saturated carbocycles. The predicted molar refractivity (Wildman–Crippen MR) is 63.5 cm³/mol. The van der Waals surface area contributed by atoms with E-state index in [0.717, 1.165) is 0 Å². The van der Waals surface area contributed by atoms with E-state index in [2.05, 4.69) is 4.74 Å². The second-order valence-corrected chi connectivity index (χ2v) is 4.86. The fourth-order valence-electron chi connectivity index (χ4n) is 1.17. The van der Waals surface area contributed by atoms with E-state index in [1.807, 2.05) is 0 Å². The van der Waals surface area contributed by atoms with E-state index in [9.17, 15) is 13.2 Å². The molecule has 17 heavy (non-hydrogen) atoms. The van der Waals surface area contributed by atoms with Crippen molar-refractivity contribution >= 4 is 22.1 Å². The average molecular weight is 255 g/mol. The highest BCUT2D eigenvalue weighted by atomic mass is 32.2. The minimum absolute atomic E-state index is 0.0396. The van der Waals surface area contributed by atoms with Crippen molar-refractivity contribution in [3.05, 3.63) is 35.9 Å². The van der Waals surface area contributed by atoms with Gasteiger partial charge in [-0.05, 0) is 17.7 Å². The van der Waals surface area contributed by atoms with Crippen LogP contribution < -0.4 is 5.14 Å². The number of sulfonamides is 1. The zero-order valence-corrected chi connectivity index (χ0v) is 10.1. The molecular weight excluding hydrogens is 242 g/mol. The first-order valence-corrected chi connectivity index (χ1v) is 6.34. The summed E-state index contributed by atoms with van der Waals surface area (Å²) in [7, 11) is -2.39. The molecule has 0 aliphatic carbocycles. The smallest absolute Gasteiger partial charge is 0.309 e. The Morgan fingerprint density at radius 3 is 2.76 bits per heavy atom. The number of benzene rings is 1. The number of carbonyl (C=O) groups excluding carboxylic acids is 1. The highest BCUT2D eigenvalue weighted by Crippen LogP contribution is 2.11. The van der Waals surface area contributed by atoms with Crippen LogP contribution in [0.4, 0.5) is 0 Å². The second-order valence-electron chi connectivity index (χ2n) is 3.30. The Morgan fingerprint density at radius 2 is 2.18 bits per heavy atom. The standard InChI is InChI=1S/C11H13NO4S/c1-16-11(13)7-3-5-9-4-2-6-10(8-9)17(12,14)15/h2-6,8H,7H2,1H3,(H2,12,14,15). The topological polar surface area (TPSA) is 86.5 Å². The van der Waals surface area contributed by atoms with Crippen LogP contribution in [0.2, 0.25) is 0 Å². The Balaban J connectivity index is 2.83. The summed E-state index contributed by atoms with van der Waals surface area (Å²) in [5.74, 6) is -0.358. The van der Waals surface area contributed by atoms with Gasteiger partial charge in [0.25, 0.3) is 0 Å². The van der Waals surface area contributed by atoms with Crippen LogP contribution in [0.25, 0.3) is 6.08 Å². The molecule has 1 rings (SSSR count). The molecule has 0 spiro atoms. The molecule has 6 heteroatoms. The molecule has 0 saturated heterocycles. The minimum atomic E-state index is -3.70. The van der Waals surface area contributed by atoms with Crippen molar-refractivity contribution in [3.63, 3.8) is 0 Å². The summed E-state index contributed by atoms with van der Waals surface area (Å²) in [5, 5.41) is 5.00. The van der Waals surface area contributed by atoms with Gasteiger partial charge in [0.15, 0.2) is 0 Å². The van der Waals surface area contributed by atoms with Gasteiger partial charge in [0.1, 0.15) is 0 Å². The molecule has 2 N–H and O–H groups in total. The highest BCUT2D eigenvalue weighted by Gasteiger charge is 2.06. The molecule has 0 aromatic heterocycles. The van der Waals surface area contributed by atoms with Gasteiger partial charge in [0.2, 0.25) is 10.0 Å². The zero-order valence-electron chi connectivity index (χ0n) is 9.29. The molecule has 0 aliphatic rings. The number of ether oxygens (including phenoxy) is 1. The summed E-state index contributed by atoms with van der Waals surface area (Å²) in [6, 6.07) is 6.14. The lowest BCUT2D eigenvalue weighted by atomic mass is 10.2. The second kappa shape index (κ2) is 5.60. The van der Waals surface area contributed by atoms with E-state index >= 15 is 0 Å². The fraction of sp³-hybridized carbons (Fsp3) is 0.182. The van der Waals surface area contributed by atoms with Gasteiger partial charge in [-0.2, -0.15) is 0 Å². The molecule has 0 atom stereocenters. The average Bonchev–Trinajstić information content (AvgIpc) is 2.28. The number of hydrogen-bond donors (Lipinski definition) is 1. The van der Waals surface area contributed by atoms with Crippen LogP contribution in [0.1, 0.15) is 12.0 Å². The van der Waals surface area contributed by atoms with Crippen molar-refractivity contribution in [1.82, 2.24) is 0 Å². The Hall–Kier alpha value is -1.66. The van der Waals surface area contributed by atoms with E-state index in [1.165, 1.54) is 19.2 Å². The Morgan fingerprint density at radius 1 is 1.47 bits per heavy atom. The lowest BCUT2D eigenvalue weighted by Crippen LogP contribution is -2.11. The first-order chi connectivity index (χ1) is 7.93. The van der Waals surface area contributed by atoms with Gasteiger partial charge in [0.05, 0.1) is 18.4 Å². The molecule has 0 heterocycles. The van der Waals surface area contributed by atoms with Gasteiger partial charge < -0.3 is 4.74 Å². The van der Waals surface area contributed by atoms with Gasteiger partial charge >= 0.3 is 5.97 Å². The van der Waals surface area contributed by atoms with Crippen LogP contribution in [0.3, 0.4) is 0 Å². The van der Waals surface area contributed by atoms with Crippen LogP contribution in [-0.2, 0) is 19.6 Å².